The van der Waals surface area contributed by atoms with Crippen LogP contribution in [0.2, 0.25) is 0 Å². The fraction of sp³-hybridized carbons (Fsp3) is 0.381. The van der Waals surface area contributed by atoms with Gasteiger partial charge in [0, 0.05) is 31.0 Å². The highest BCUT2D eigenvalue weighted by Crippen LogP contribution is 2.28. The van der Waals surface area contributed by atoms with Gasteiger partial charge in [-0.1, -0.05) is 43.3 Å². The van der Waals surface area contributed by atoms with E-state index < -0.39 is 0 Å². The first-order valence-electron chi connectivity index (χ1n) is 9.24. The Morgan fingerprint density at radius 2 is 2.04 bits per heavy atom. The zero-order chi connectivity index (χ0) is 17.9. The van der Waals surface area contributed by atoms with Gasteiger partial charge in [0.1, 0.15) is 0 Å². The largest absolute Gasteiger partial charge is 0.339 e. The second kappa shape index (κ2) is 7.38. The topological polar surface area (TPSA) is 55.1 Å². The summed E-state index contributed by atoms with van der Waals surface area (Å²) >= 11 is 0. The van der Waals surface area contributed by atoms with E-state index in [4.69, 9.17) is 4.52 Å². The van der Waals surface area contributed by atoms with Gasteiger partial charge >= 0.3 is 0 Å². The zero-order valence-electron chi connectivity index (χ0n) is 15.3. The monoisotopic (exact) mass is 348 g/mol. The lowest BCUT2D eigenvalue weighted by Crippen LogP contribution is -2.19. The molecule has 0 aliphatic carbocycles. The first-order valence-corrected chi connectivity index (χ1v) is 9.24. The van der Waals surface area contributed by atoms with Gasteiger partial charge in [0.15, 0.2) is 0 Å². The van der Waals surface area contributed by atoms with Crippen LogP contribution >= 0.6 is 0 Å². The predicted octanol–water partition coefficient (Wildman–Crippen LogP) is 4.24. The molecule has 1 aliphatic heterocycles. The first-order chi connectivity index (χ1) is 12.7. The van der Waals surface area contributed by atoms with E-state index in [1.807, 2.05) is 12.1 Å². The first kappa shape index (κ1) is 16.9. The Balaban J connectivity index is 1.39. The molecule has 2 aromatic heterocycles. The summed E-state index contributed by atoms with van der Waals surface area (Å²) < 4.78 is 5.53. The van der Waals surface area contributed by atoms with Crippen molar-refractivity contribution in [2.24, 2.45) is 0 Å². The van der Waals surface area contributed by atoms with E-state index in [1.165, 1.54) is 11.1 Å². The Morgan fingerprint density at radius 1 is 1.19 bits per heavy atom. The molecular weight excluding hydrogens is 324 g/mol. The lowest BCUT2D eigenvalue weighted by Gasteiger charge is -2.16. The molecular formula is C21H24N4O. The third kappa shape index (κ3) is 3.68. The molecule has 0 amide bonds. The van der Waals surface area contributed by atoms with Crippen LogP contribution < -0.4 is 0 Å². The van der Waals surface area contributed by atoms with Crippen LogP contribution in [0.25, 0.3) is 11.4 Å². The zero-order valence-corrected chi connectivity index (χ0v) is 15.3. The van der Waals surface area contributed by atoms with Crippen LogP contribution in [0, 0.1) is 0 Å². The van der Waals surface area contributed by atoms with Crippen LogP contribution in [-0.4, -0.2) is 33.1 Å². The van der Waals surface area contributed by atoms with Crippen LogP contribution in [0.15, 0.2) is 53.3 Å². The molecule has 5 nitrogen and oxygen atoms in total. The number of hydrogen-bond donors (Lipinski definition) is 0. The number of rotatable bonds is 5. The van der Waals surface area contributed by atoms with Gasteiger partial charge in [-0.15, -0.1) is 0 Å². The summed E-state index contributed by atoms with van der Waals surface area (Å²) in [5, 5.41) is 4.12. The van der Waals surface area contributed by atoms with E-state index in [2.05, 4.69) is 58.1 Å². The van der Waals surface area contributed by atoms with Crippen molar-refractivity contribution in [3.63, 3.8) is 0 Å². The lowest BCUT2D eigenvalue weighted by atomic mass is 10.0. The van der Waals surface area contributed by atoms with E-state index in [0.717, 1.165) is 37.5 Å². The minimum atomic E-state index is 0.308. The molecule has 4 rings (SSSR count). The average molecular weight is 348 g/mol. The fourth-order valence-corrected chi connectivity index (χ4v) is 3.46. The molecule has 3 heterocycles. The third-order valence-corrected chi connectivity index (χ3v) is 5.04. The molecule has 1 aliphatic rings. The molecule has 1 saturated heterocycles. The van der Waals surface area contributed by atoms with E-state index in [1.54, 1.807) is 12.4 Å². The van der Waals surface area contributed by atoms with Crippen LogP contribution in [0.1, 0.15) is 49.1 Å². The van der Waals surface area contributed by atoms with Crippen LogP contribution in [0.3, 0.4) is 0 Å². The quantitative estimate of drug-likeness (QED) is 0.690. The second-order valence-electron chi connectivity index (χ2n) is 7.31. The van der Waals surface area contributed by atoms with Crippen molar-refractivity contribution in [2.75, 3.05) is 13.1 Å². The smallest absolute Gasteiger partial charge is 0.231 e. The molecule has 26 heavy (non-hydrogen) atoms. The Hall–Kier alpha value is -2.53. The van der Waals surface area contributed by atoms with Crippen molar-refractivity contribution in [1.82, 2.24) is 20.0 Å². The summed E-state index contributed by atoms with van der Waals surface area (Å²) in [4.78, 5) is 11.2. The molecule has 5 heteroatoms. The highest BCUT2D eigenvalue weighted by molar-refractivity contribution is 5.51. The molecule has 0 spiro atoms. The van der Waals surface area contributed by atoms with Gasteiger partial charge in [-0.25, -0.2) is 0 Å². The summed E-state index contributed by atoms with van der Waals surface area (Å²) in [5.74, 6) is 2.24. The van der Waals surface area contributed by atoms with Gasteiger partial charge in [0.2, 0.25) is 11.7 Å². The normalized spacial score (nSPS) is 17.9. The SMILES string of the molecule is CC(C)c1ccc(CN2CC[C@@H](c3nc(-c4cccnc4)no3)C2)cc1. The minimum absolute atomic E-state index is 0.308. The number of pyridine rings is 1. The molecule has 0 saturated carbocycles. The number of nitrogens with zero attached hydrogens (tertiary/aromatic N) is 4. The summed E-state index contributed by atoms with van der Waals surface area (Å²) in [6.07, 6.45) is 4.56. The van der Waals surface area contributed by atoms with E-state index >= 15 is 0 Å². The van der Waals surface area contributed by atoms with Gasteiger partial charge < -0.3 is 4.52 Å². The van der Waals surface area contributed by atoms with Gasteiger partial charge in [-0.05, 0) is 42.1 Å². The third-order valence-electron chi connectivity index (χ3n) is 5.04. The molecule has 0 unspecified atom stereocenters. The van der Waals surface area contributed by atoms with Gasteiger partial charge in [0.05, 0.1) is 5.92 Å². The summed E-state index contributed by atoms with van der Waals surface area (Å²) in [5.41, 5.74) is 3.64. The summed E-state index contributed by atoms with van der Waals surface area (Å²) in [6.45, 7) is 7.44. The Bertz CT molecular complexity index is 842. The van der Waals surface area contributed by atoms with E-state index in [9.17, 15) is 0 Å². The standard InChI is InChI=1S/C21H24N4O/c1-15(2)17-7-5-16(6-8-17)13-25-11-9-19(14-25)21-23-20(24-26-21)18-4-3-10-22-12-18/h3-8,10,12,15,19H,9,11,13-14H2,1-2H3/t19-/m1/s1. The number of benzene rings is 1. The highest BCUT2D eigenvalue weighted by Gasteiger charge is 2.28. The van der Waals surface area contributed by atoms with Crippen molar-refractivity contribution >= 4 is 0 Å². The number of likely N-dealkylation sites (tertiary alicyclic amines) is 1. The van der Waals surface area contributed by atoms with Crippen molar-refractivity contribution in [1.29, 1.82) is 0 Å². The molecule has 3 aromatic rings. The predicted molar refractivity (Wildman–Crippen MR) is 101 cm³/mol. The average Bonchev–Trinajstić information content (AvgIpc) is 3.32. The Kier molecular flexibility index (Phi) is 4.80. The maximum atomic E-state index is 5.53. The van der Waals surface area contributed by atoms with E-state index in [0.29, 0.717) is 17.7 Å². The Morgan fingerprint density at radius 3 is 2.77 bits per heavy atom. The lowest BCUT2D eigenvalue weighted by molar-refractivity contribution is 0.309. The van der Waals surface area contributed by atoms with Gasteiger partial charge in [-0.2, -0.15) is 4.98 Å². The van der Waals surface area contributed by atoms with Crippen molar-refractivity contribution in [2.45, 2.75) is 38.6 Å². The molecule has 0 bridgehead atoms. The van der Waals surface area contributed by atoms with Gasteiger partial charge in [0.25, 0.3) is 0 Å². The van der Waals surface area contributed by atoms with Crippen molar-refractivity contribution in [3.05, 3.63) is 65.8 Å². The molecule has 1 fully saturated rings. The summed E-state index contributed by atoms with van der Waals surface area (Å²) in [6, 6.07) is 12.8. The second-order valence-corrected chi connectivity index (χ2v) is 7.31. The minimum Gasteiger partial charge on any atom is -0.339 e. The molecule has 0 N–H and O–H groups in total. The summed E-state index contributed by atoms with van der Waals surface area (Å²) in [7, 11) is 0. The number of hydrogen-bond acceptors (Lipinski definition) is 5. The van der Waals surface area contributed by atoms with Crippen LogP contribution in [0.4, 0.5) is 0 Å². The molecule has 0 radical (unpaired) electrons. The maximum Gasteiger partial charge on any atom is 0.231 e. The fourth-order valence-electron chi connectivity index (χ4n) is 3.46. The Labute approximate surface area is 154 Å². The molecule has 1 aromatic carbocycles. The van der Waals surface area contributed by atoms with Gasteiger partial charge in [-0.3, -0.25) is 9.88 Å². The maximum absolute atomic E-state index is 5.53. The molecule has 134 valence electrons. The number of aromatic nitrogens is 3. The van der Waals surface area contributed by atoms with Crippen LogP contribution in [-0.2, 0) is 6.54 Å². The highest BCUT2D eigenvalue weighted by atomic mass is 16.5. The van der Waals surface area contributed by atoms with Crippen LogP contribution in [0.5, 0.6) is 0 Å². The van der Waals surface area contributed by atoms with E-state index in [-0.39, 0.29) is 0 Å². The van der Waals surface area contributed by atoms with Crippen molar-refractivity contribution < 1.29 is 4.52 Å². The molecule has 1 atom stereocenters. The van der Waals surface area contributed by atoms with Crippen molar-refractivity contribution in [3.8, 4) is 11.4 Å².